The summed E-state index contributed by atoms with van der Waals surface area (Å²) in [5.74, 6) is 0. The largest absolute Gasteiger partial charge is 0.283 e. The Hall–Kier alpha value is -4.46. The van der Waals surface area contributed by atoms with Crippen LogP contribution in [-0.4, -0.2) is 10.4 Å². The SMILES string of the molecule is CC1(C)c2cc(-c3cccc4c3N(O)c3ccccc3S4)ccc2-c2ccc(-c3cccc4c3N(O)c3ccccc3S4)cc21. The Morgan fingerprint density at radius 3 is 1.36 bits per heavy atom. The minimum absolute atomic E-state index is 0.249. The van der Waals surface area contributed by atoms with Crippen LogP contribution in [-0.2, 0) is 5.41 Å². The smallest absolute Gasteiger partial charge is 0.0911 e. The van der Waals surface area contributed by atoms with Gasteiger partial charge in [-0.25, -0.2) is 10.1 Å². The second kappa shape index (κ2) is 9.77. The summed E-state index contributed by atoms with van der Waals surface area (Å²) in [5, 5.41) is 25.5. The molecule has 6 aromatic carbocycles. The molecule has 2 heterocycles. The Labute approximate surface area is 270 Å². The molecule has 0 saturated carbocycles. The van der Waals surface area contributed by atoms with Crippen LogP contribution in [0.25, 0.3) is 33.4 Å². The number of benzene rings is 6. The molecule has 0 aromatic heterocycles. The third-order valence-electron chi connectivity index (χ3n) is 9.35. The van der Waals surface area contributed by atoms with Gasteiger partial charge in [0.2, 0.25) is 0 Å². The van der Waals surface area contributed by atoms with E-state index in [0.717, 1.165) is 64.6 Å². The van der Waals surface area contributed by atoms with E-state index >= 15 is 0 Å². The van der Waals surface area contributed by atoms with Gasteiger partial charge in [0.25, 0.3) is 0 Å². The van der Waals surface area contributed by atoms with E-state index in [-0.39, 0.29) is 5.41 Å². The van der Waals surface area contributed by atoms with Gasteiger partial charge in [0.15, 0.2) is 0 Å². The maximum absolute atomic E-state index is 11.4. The highest BCUT2D eigenvalue weighted by molar-refractivity contribution is 8.00. The first-order valence-corrected chi connectivity index (χ1v) is 16.6. The topological polar surface area (TPSA) is 46.9 Å². The van der Waals surface area contributed by atoms with E-state index in [1.807, 2.05) is 48.5 Å². The molecule has 0 saturated heterocycles. The standard InChI is InChI=1S/C39H28N2O2S2/c1-39(2)29-21-23(25-9-7-15-35-37(25)40(42)31-11-3-5-13-33(31)44-35)17-19-27(29)28-20-18-24(22-30(28)39)26-10-8-16-36-38(26)41(43)32-12-4-6-14-34(32)45-36/h3-22,42-43H,1-2H3. The molecule has 2 N–H and O–H groups in total. The third kappa shape index (κ3) is 3.90. The zero-order chi connectivity index (χ0) is 30.4. The van der Waals surface area contributed by atoms with Gasteiger partial charge in [-0.2, -0.15) is 0 Å². The van der Waals surface area contributed by atoms with Crippen LogP contribution < -0.4 is 10.1 Å². The lowest BCUT2D eigenvalue weighted by Gasteiger charge is -2.30. The van der Waals surface area contributed by atoms with Crippen LogP contribution in [0, 0.1) is 0 Å². The maximum atomic E-state index is 11.4. The number of para-hydroxylation sites is 4. The summed E-state index contributed by atoms with van der Waals surface area (Å²) in [6.45, 7) is 4.59. The summed E-state index contributed by atoms with van der Waals surface area (Å²) in [6, 6.07) is 41.9. The summed E-state index contributed by atoms with van der Waals surface area (Å²) < 4.78 is 0. The molecule has 4 nitrogen and oxygen atoms in total. The molecule has 0 unspecified atom stereocenters. The highest BCUT2D eigenvalue weighted by atomic mass is 32.2. The highest BCUT2D eigenvalue weighted by Gasteiger charge is 2.37. The number of rotatable bonds is 2. The van der Waals surface area contributed by atoms with Crippen molar-refractivity contribution in [3.63, 3.8) is 0 Å². The quantitative estimate of drug-likeness (QED) is 0.201. The number of hydrogen-bond donors (Lipinski definition) is 2. The lowest BCUT2D eigenvalue weighted by Crippen LogP contribution is -2.17. The summed E-state index contributed by atoms with van der Waals surface area (Å²) >= 11 is 3.38. The van der Waals surface area contributed by atoms with Crippen molar-refractivity contribution in [2.24, 2.45) is 0 Å². The molecular weight excluding hydrogens is 593 g/mol. The van der Waals surface area contributed by atoms with Crippen LogP contribution in [0.1, 0.15) is 25.0 Å². The maximum Gasteiger partial charge on any atom is 0.0911 e. The molecule has 0 atom stereocenters. The predicted molar refractivity (Wildman–Crippen MR) is 184 cm³/mol. The highest BCUT2D eigenvalue weighted by Crippen LogP contribution is 2.55. The van der Waals surface area contributed by atoms with Crippen molar-refractivity contribution in [1.82, 2.24) is 0 Å². The Morgan fingerprint density at radius 2 is 0.889 bits per heavy atom. The first-order chi connectivity index (χ1) is 21.9. The number of fused-ring (bicyclic) bond motifs is 7. The van der Waals surface area contributed by atoms with Crippen molar-refractivity contribution < 1.29 is 10.4 Å². The van der Waals surface area contributed by atoms with Crippen molar-refractivity contribution in [3.8, 4) is 33.4 Å². The van der Waals surface area contributed by atoms with E-state index in [1.165, 1.54) is 32.4 Å². The fourth-order valence-electron chi connectivity index (χ4n) is 7.10. The van der Waals surface area contributed by atoms with E-state index in [0.29, 0.717) is 0 Å². The molecule has 1 aliphatic carbocycles. The summed E-state index contributed by atoms with van der Waals surface area (Å²) in [5.41, 5.74) is 12.2. The summed E-state index contributed by atoms with van der Waals surface area (Å²) in [4.78, 5) is 4.15. The molecule has 45 heavy (non-hydrogen) atoms. The van der Waals surface area contributed by atoms with Crippen LogP contribution in [0.15, 0.2) is 141 Å². The van der Waals surface area contributed by atoms with Crippen LogP contribution in [0.5, 0.6) is 0 Å². The summed E-state index contributed by atoms with van der Waals surface area (Å²) in [7, 11) is 0. The fourth-order valence-corrected chi connectivity index (χ4v) is 9.26. The van der Waals surface area contributed by atoms with Crippen molar-refractivity contribution in [2.45, 2.75) is 38.8 Å². The van der Waals surface area contributed by atoms with Gasteiger partial charge in [-0.05, 0) is 81.9 Å². The second-order valence-electron chi connectivity index (χ2n) is 12.2. The molecule has 0 amide bonds. The molecule has 0 fully saturated rings. The van der Waals surface area contributed by atoms with Crippen LogP contribution in [0.3, 0.4) is 0 Å². The van der Waals surface area contributed by atoms with Crippen molar-refractivity contribution >= 4 is 46.3 Å². The second-order valence-corrected chi connectivity index (χ2v) is 14.4. The molecule has 0 bridgehead atoms. The minimum atomic E-state index is -0.249. The average molecular weight is 621 g/mol. The van der Waals surface area contributed by atoms with Gasteiger partial charge in [0, 0.05) is 36.1 Å². The Kier molecular flexibility index (Phi) is 5.84. The van der Waals surface area contributed by atoms with Gasteiger partial charge < -0.3 is 0 Å². The normalized spacial score (nSPS) is 15.0. The average Bonchev–Trinajstić information content (AvgIpc) is 3.29. The molecule has 9 rings (SSSR count). The predicted octanol–water partition coefficient (Wildman–Crippen LogP) is 11.3. The molecule has 3 aliphatic rings. The Morgan fingerprint density at radius 1 is 0.467 bits per heavy atom. The van der Waals surface area contributed by atoms with E-state index in [9.17, 15) is 10.4 Å². The van der Waals surface area contributed by atoms with Gasteiger partial charge in [-0.3, -0.25) is 10.4 Å². The van der Waals surface area contributed by atoms with Gasteiger partial charge in [-0.15, -0.1) is 0 Å². The van der Waals surface area contributed by atoms with Crippen molar-refractivity contribution in [2.75, 3.05) is 10.1 Å². The van der Waals surface area contributed by atoms with Crippen LogP contribution in [0.4, 0.5) is 22.7 Å². The molecule has 0 radical (unpaired) electrons. The molecule has 2 aliphatic heterocycles. The van der Waals surface area contributed by atoms with Gasteiger partial charge in [-0.1, -0.05) is 110 Å². The first kappa shape index (κ1) is 26.9. The van der Waals surface area contributed by atoms with Crippen LogP contribution in [0.2, 0.25) is 0 Å². The lowest BCUT2D eigenvalue weighted by molar-refractivity contribution is 0.296. The van der Waals surface area contributed by atoms with Crippen molar-refractivity contribution in [3.05, 3.63) is 132 Å². The van der Waals surface area contributed by atoms with E-state index < -0.39 is 0 Å². The van der Waals surface area contributed by atoms with E-state index in [1.54, 1.807) is 23.5 Å². The molecule has 218 valence electrons. The van der Waals surface area contributed by atoms with E-state index in [4.69, 9.17) is 0 Å². The Bertz CT molecular complexity index is 2050. The fraction of sp³-hybridized carbons (Fsp3) is 0.0769. The third-order valence-corrected chi connectivity index (χ3v) is 11.6. The zero-order valence-electron chi connectivity index (χ0n) is 24.7. The minimum Gasteiger partial charge on any atom is -0.283 e. The van der Waals surface area contributed by atoms with Crippen LogP contribution >= 0.6 is 23.5 Å². The molecule has 6 aromatic rings. The number of anilines is 4. The monoisotopic (exact) mass is 620 g/mol. The first-order valence-electron chi connectivity index (χ1n) is 15.0. The van der Waals surface area contributed by atoms with Gasteiger partial charge in [0.1, 0.15) is 0 Å². The molecular formula is C39H28N2O2S2. The molecule has 6 heteroatoms. The Balaban J connectivity index is 1.13. The number of hydrogen-bond acceptors (Lipinski definition) is 6. The lowest BCUT2D eigenvalue weighted by atomic mass is 9.80. The van der Waals surface area contributed by atoms with Gasteiger partial charge >= 0.3 is 0 Å². The van der Waals surface area contributed by atoms with E-state index in [2.05, 4.69) is 86.6 Å². The molecule has 0 spiro atoms. The zero-order valence-corrected chi connectivity index (χ0v) is 26.3. The summed E-state index contributed by atoms with van der Waals surface area (Å²) in [6.07, 6.45) is 0. The number of nitrogens with zero attached hydrogens (tertiary/aromatic N) is 2. The van der Waals surface area contributed by atoms with Crippen molar-refractivity contribution in [1.29, 1.82) is 0 Å². The van der Waals surface area contributed by atoms with Gasteiger partial charge in [0.05, 0.1) is 22.7 Å².